The number of carbonyl (C=O) groups excluding carboxylic acids is 1. The van der Waals surface area contributed by atoms with Gasteiger partial charge in [-0.2, -0.15) is 0 Å². The monoisotopic (exact) mass is 283 g/mol. The Hall–Kier alpha value is -2.49. The van der Waals surface area contributed by atoms with Gasteiger partial charge in [-0.05, 0) is 47.4 Å². The van der Waals surface area contributed by atoms with Crippen molar-refractivity contribution in [3.8, 4) is 16.9 Å². The fraction of sp³-hybridized carbons (Fsp3) is 0.235. The third-order valence-electron chi connectivity index (χ3n) is 3.74. The predicted molar refractivity (Wildman–Crippen MR) is 82.0 cm³/mol. The summed E-state index contributed by atoms with van der Waals surface area (Å²) in [6.07, 6.45) is 0.948. The molecule has 0 saturated heterocycles. The molecule has 0 atom stereocenters. The minimum absolute atomic E-state index is 0.323. The average molecular weight is 283 g/mol. The molecule has 2 aromatic rings. The minimum Gasteiger partial charge on any atom is -0.497 e. The van der Waals surface area contributed by atoms with Crippen molar-refractivity contribution < 1.29 is 14.3 Å². The number of benzene rings is 2. The molecule has 1 N–H and O–H groups in total. The summed E-state index contributed by atoms with van der Waals surface area (Å²) in [6, 6.07) is 11.6. The molecule has 108 valence electrons. The second-order valence-electron chi connectivity index (χ2n) is 4.95. The molecule has 0 aromatic heterocycles. The number of esters is 1. The van der Waals surface area contributed by atoms with Crippen molar-refractivity contribution in [3.63, 3.8) is 0 Å². The maximum absolute atomic E-state index is 11.8. The summed E-state index contributed by atoms with van der Waals surface area (Å²) in [5.74, 6) is 0.478. The van der Waals surface area contributed by atoms with E-state index in [1.807, 2.05) is 36.4 Å². The Bertz CT molecular complexity index is 694. The molecule has 1 heterocycles. The smallest absolute Gasteiger partial charge is 0.337 e. The number of hydrogen-bond donors (Lipinski definition) is 1. The van der Waals surface area contributed by atoms with E-state index in [1.54, 1.807) is 7.11 Å². The van der Waals surface area contributed by atoms with Gasteiger partial charge >= 0.3 is 5.97 Å². The number of carbonyl (C=O) groups is 1. The average Bonchev–Trinajstić information content (AvgIpc) is 3.01. The second-order valence-corrected chi connectivity index (χ2v) is 4.95. The number of nitrogens with one attached hydrogen (secondary N) is 1. The molecule has 2 aromatic carbocycles. The van der Waals surface area contributed by atoms with E-state index >= 15 is 0 Å². The first-order valence-corrected chi connectivity index (χ1v) is 6.86. The number of methoxy groups -OCH3 is 2. The van der Waals surface area contributed by atoms with Gasteiger partial charge in [0, 0.05) is 12.2 Å². The molecule has 4 nitrogen and oxygen atoms in total. The lowest BCUT2D eigenvalue weighted by Crippen LogP contribution is -2.03. The van der Waals surface area contributed by atoms with Gasteiger partial charge < -0.3 is 14.8 Å². The Morgan fingerprint density at radius 2 is 2.05 bits per heavy atom. The Balaban J connectivity index is 2.16. The van der Waals surface area contributed by atoms with Gasteiger partial charge in [0.2, 0.25) is 0 Å². The van der Waals surface area contributed by atoms with Crippen molar-refractivity contribution in [1.29, 1.82) is 0 Å². The quantitative estimate of drug-likeness (QED) is 0.879. The van der Waals surface area contributed by atoms with Crippen LogP contribution < -0.4 is 10.1 Å². The highest BCUT2D eigenvalue weighted by Crippen LogP contribution is 2.35. The molecule has 4 heteroatoms. The van der Waals surface area contributed by atoms with Crippen molar-refractivity contribution in [2.45, 2.75) is 6.42 Å². The van der Waals surface area contributed by atoms with Gasteiger partial charge in [-0.15, -0.1) is 0 Å². The van der Waals surface area contributed by atoms with Crippen molar-refractivity contribution >= 4 is 11.7 Å². The molecule has 0 bridgehead atoms. The Morgan fingerprint density at radius 1 is 1.19 bits per heavy atom. The van der Waals surface area contributed by atoms with Gasteiger partial charge in [-0.25, -0.2) is 4.79 Å². The van der Waals surface area contributed by atoms with Crippen molar-refractivity contribution in [2.75, 3.05) is 26.1 Å². The summed E-state index contributed by atoms with van der Waals surface area (Å²) in [7, 11) is 3.05. The molecule has 1 aliphatic rings. The Morgan fingerprint density at radius 3 is 2.81 bits per heavy atom. The zero-order chi connectivity index (χ0) is 14.8. The zero-order valence-electron chi connectivity index (χ0n) is 12.1. The highest BCUT2D eigenvalue weighted by molar-refractivity contribution is 5.94. The SMILES string of the molecule is COC(=O)c1cc2c(c(-c3cccc(OC)c3)c1)CCN2. The van der Waals surface area contributed by atoms with Crippen LogP contribution in [0, 0.1) is 0 Å². The Kier molecular flexibility index (Phi) is 3.52. The van der Waals surface area contributed by atoms with Crippen LogP contribution in [-0.2, 0) is 11.2 Å². The van der Waals surface area contributed by atoms with Crippen LogP contribution >= 0.6 is 0 Å². The predicted octanol–water partition coefficient (Wildman–Crippen LogP) is 3.12. The molecule has 0 amide bonds. The summed E-state index contributed by atoms with van der Waals surface area (Å²) in [6.45, 7) is 0.886. The second kappa shape index (κ2) is 5.48. The van der Waals surface area contributed by atoms with Gasteiger partial charge in [0.1, 0.15) is 5.75 Å². The molecular formula is C17H17NO3. The lowest BCUT2D eigenvalue weighted by atomic mass is 9.95. The van der Waals surface area contributed by atoms with Crippen molar-refractivity contribution in [1.82, 2.24) is 0 Å². The lowest BCUT2D eigenvalue weighted by molar-refractivity contribution is 0.0601. The molecule has 1 aliphatic heterocycles. The molecule has 0 fully saturated rings. The largest absolute Gasteiger partial charge is 0.497 e. The third-order valence-corrected chi connectivity index (χ3v) is 3.74. The molecule has 0 aliphatic carbocycles. The summed E-state index contributed by atoms with van der Waals surface area (Å²) in [5, 5.41) is 3.32. The normalized spacial score (nSPS) is 12.5. The minimum atomic E-state index is -0.323. The zero-order valence-corrected chi connectivity index (χ0v) is 12.1. The number of anilines is 1. The van der Waals surface area contributed by atoms with Crippen LogP contribution in [0.15, 0.2) is 36.4 Å². The first-order valence-electron chi connectivity index (χ1n) is 6.86. The van der Waals surface area contributed by atoms with Gasteiger partial charge in [-0.3, -0.25) is 0 Å². The number of ether oxygens (including phenoxy) is 2. The van der Waals surface area contributed by atoms with E-state index in [-0.39, 0.29) is 5.97 Å². The first-order chi connectivity index (χ1) is 10.2. The van der Waals surface area contributed by atoms with Crippen LogP contribution in [0.5, 0.6) is 5.75 Å². The fourth-order valence-corrected chi connectivity index (χ4v) is 2.71. The topological polar surface area (TPSA) is 47.6 Å². The molecule has 21 heavy (non-hydrogen) atoms. The Labute approximate surface area is 123 Å². The molecule has 0 radical (unpaired) electrons. The lowest BCUT2D eigenvalue weighted by Gasteiger charge is -2.12. The summed E-state index contributed by atoms with van der Waals surface area (Å²) >= 11 is 0. The molecule has 0 spiro atoms. The first kappa shape index (κ1) is 13.5. The number of rotatable bonds is 3. The van der Waals surface area contributed by atoms with Crippen LogP contribution in [0.25, 0.3) is 11.1 Å². The van der Waals surface area contributed by atoms with Crippen LogP contribution in [0.1, 0.15) is 15.9 Å². The van der Waals surface area contributed by atoms with Crippen LogP contribution in [0.4, 0.5) is 5.69 Å². The van der Waals surface area contributed by atoms with Crippen LogP contribution in [0.3, 0.4) is 0 Å². The summed E-state index contributed by atoms with van der Waals surface area (Å²) in [5.41, 5.74) is 4.90. The summed E-state index contributed by atoms with van der Waals surface area (Å²) in [4.78, 5) is 11.8. The maximum Gasteiger partial charge on any atom is 0.337 e. The van der Waals surface area contributed by atoms with E-state index in [2.05, 4.69) is 5.32 Å². The van der Waals surface area contributed by atoms with Crippen molar-refractivity contribution in [2.24, 2.45) is 0 Å². The van der Waals surface area contributed by atoms with Gasteiger partial charge in [0.15, 0.2) is 0 Å². The standard InChI is InChI=1S/C17H17NO3/c1-20-13-5-3-4-11(8-13)15-9-12(17(19)21-2)10-16-14(15)6-7-18-16/h3-5,8-10,18H,6-7H2,1-2H3. The van der Waals surface area contributed by atoms with E-state index < -0.39 is 0 Å². The van der Waals surface area contributed by atoms with Gasteiger partial charge in [0.05, 0.1) is 19.8 Å². The maximum atomic E-state index is 11.8. The van der Waals surface area contributed by atoms with Crippen LogP contribution in [-0.4, -0.2) is 26.7 Å². The molecular weight excluding hydrogens is 266 g/mol. The van der Waals surface area contributed by atoms with E-state index in [0.29, 0.717) is 5.56 Å². The van der Waals surface area contributed by atoms with Gasteiger partial charge in [0.25, 0.3) is 0 Å². The van der Waals surface area contributed by atoms with E-state index in [1.165, 1.54) is 12.7 Å². The number of fused-ring (bicyclic) bond motifs is 1. The summed E-state index contributed by atoms with van der Waals surface area (Å²) < 4.78 is 10.1. The van der Waals surface area contributed by atoms with Crippen molar-refractivity contribution in [3.05, 3.63) is 47.5 Å². The fourth-order valence-electron chi connectivity index (χ4n) is 2.71. The van der Waals surface area contributed by atoms with Gasteiger partial charge in [-0.1, -0.05) is 12.1 Å². The molecule has 0 saturated carbocycles. The molecule has 0 unspecified atom stereocenters. The highest BCUT2D eigenvalue weighted by atomic mass is 16.5. The van der Waals surface area contributed by atoms with Crippen LogP contribution in [0.2, 0.25) is 0 Å². The van der Waals surface area contributed by atoms with E-state index in [4.69, 9.17) is 9.47 Å². The molecule has 3 rings (SSSR count). The van der Waals surface area contributed by atoms with E-state index in [9.17, 15) is 4.79 Å². The highest BCUT2D eigenvalue weighted by Gasteiger charge is 2.19. The number of hydrogen-bond acceptors (Lipinski definition) is 4. The third kappa shape index (κ3) is 2.44. The van der Waals surface area contributed by atoms with E-state index in [0.717, 1.165) is 35.5 Å².